The highest BCUT2D eigenvalue weighted by Crippen LogP contribution is 2.35. The fourth-order valence-corrected chi connectivity index (χ4v) is 4.93. The molecule has 2 fully saturated rings. The molecule has 1 aliphatic carbocycles. The fraction of sp³-hybridized carbons (Fsp3) is 0.385. The van der Waals surface area contributed by atoms with Crippen LogP contribution in [0.1, 0.15) is 36.2 Å². The number of benzene rings is 1. The third-order valence-corrected chi connectivity index (χ3v) is 7.01. The number of hydrogen-bond donors (Lipinski definition) is 2. The number of amides is 3. The van der Waals surface area contributed by atoms with Gasteiger partial charge in [-0.2, -0.15) is 0 Å². The van der Waals surface area contributed by atoms with E-state index in [0.717, 1.165) is 0 Å². The number of fused-ring (bicyclic) bond motifs is 1. The van der Waals surface area contributed by atoms with E-state index in [1.54, 1.807) is 30.3 Å². The molecule has 0 spiro atoms. The molecular formula is C26H27ClN4O5. The number of hydrogen-bond acceptors (Lipinski definition) is 6. The summed E-state index contributed by atoms with van der Waals surface area (Å²) >= 11 is 5.87. The molecule has 5 rings (SSSR count). The standard InChI is InChI=1S/C26H27ClN4O5/c27-18-9-10-21(28-15-18)29-25(33)23-22(19-3-1-2-4-20(19)36-23)30-24(32)16-5-7-17(8-6-16)26(34)31-11-13-35-14-12-31/h1-4,9-10,15-17H,5-8,11-14H2,(H,30,32)(H,28,29,33). The summed E-state index contributed by atoms with van der Waals surface area (Å²) in [7, 11) is 0. The molecule has 2 aliphatic rings. The first-order valence-corrected chi connectivity index (χ1v) is 12.5. The van der Waals surface area contributed by atoms with Crippen LogP contribution in [0, 0.1) is 11.8 Å². The van der Waals surface area contributed by atoms with Crippen LogP contribution in [0.2, 0.25) is 5.02 Å². The molecule has 0 unspecified atom stereocenters. The molecule has 3 aromatic rings. The third-order valence-electron chi connectivity index (χ3n) is 6.79. The zero-order chi connectivity index (χ0) is 25.1. The zero-order valence-electron chi connectivity index (χ0n) is 19.7. The van der Waals surface area contributed by atoms with E-state index in [-0.39, 0.29) is 29.4 Å². The summed E-state index contributed by atoms with van der Waals surface area (Å²) in [5.74, 6) is -0.555. The number of ether oxygens (including phenoxy) is 1. The maximum Gasteiger partial charge on any atom is 0.294 e. The molecule has 10 heteroatoms. The molecule has 1 saturated carbocycles. The van der Waals surface area contributed by atoms with Gasteiger partial charge in [-0.25, -0.2) is 4.98 Å². The molecule has 1 saturated heterocycles. The molecule has 9 nitrogen and oxygen atoms in total. The molecule has 0 bridgehead atoms. The lowest BCUT2D eigenvalue weighted by molar-refractivity contribution is -0.141. The molecule has 2 N–H and O–H groups in total. The lowest BCUT2D eigenvalue weighted by atomic mass is 9.80. The summed E-state index contributed by atoms with van der Waals surface area (Å²) in [5, 5.41) is 6.71. The number of halogens is 1. The van der Waals surface area contributed by atoms with E-state index in [4.69, 9.17) is 20.8 Å². The predicted molar refractivity (Wildman–Crippen MR) is 135 cm³/mol. The summed E-state index contributed by atoms with van der Waals surface area (Å²) in [6.45, 7) is 2.41. The van der Waals surface area contributed by atoms with Gasteiger partial charge in [-0.1, -0.05) is 23.7 Å². The van der Waals surface area contributed by atoms with Crippen molar-refractivity contribution in [2.24, 2.45) is 11.8 Å². The summed E-state index contributed by atoms with van der Waals surface area (Å²) < 4.78 is 11.2. The molecule has 3 amide bonds. The van der Waals surface area contributed by atoms with Crippen LogP contribution in [-0.2, 0) is 14.3 Å². The highest BCUT2D eigenvalue weighted by Gasteiger charge is 2.33. The largest absolute Gasteiger partial charge is 0.449 e. The van der Waals surface area contributed by atoms with E-state index >= 15 is 0 Å². The Kier molecular flexibility index (Phi) is 7.20. The number of anilines is 2. The fourth-order valence-electron chi connectivity index (χ4n) is 4.82. The number of carbonyl (C=O) groups is 3. The van der Waals surface area contributed by atoms with E-state index < -0.39 is 5.91 Å². The van der Waals surface area contributed by atoms with Crippen LogP contribution in [0.25, 0.3) is 11.0 Å². The van der Waals surface area contributed by atoms with Crippen LogP contribution < -0.4 is 10.6 Å². The second kappa shape index (κ2) is 10.7. The number of furan rings is 1. The van der Waals surface area contributed by atoms with Gasteiger partial charge in [0.05, 0.1) is 18.2 Å². The normalized spacial score (nSPS) is 20.2. The number of pyridine rings is 1. The maximum absolute atomic E-state index is 13.2. The van der Waals surface area contributed by atoms with Gasteiger partial charge >= 0.3 is 0 Å². The van der Waals surface area contributed by atoms with E-state index in [1.165, 1.54) is 6.20 Å². The number of nitrogens with one attached hydrogen (secondary N) is 2. The average Bonchev–Trinajstić information content (AvgIpc) is 3.28. The summed E-state index contributed by atoms with van der Waals surface area (Å²) in [5.41, 5.74) is 0.815. The van der Waals surface area contributed by atoms with Crippen molar-refractivity contribution in [3.05, 3.63) is 53.4 Å². The van der Waals surface area contributed by atoms with Crippen LogP contribution in [0.3, 0.4) is 0 Å². The van der Waals surface area contributed by atoms with Crippen molar-refractivity contribution in [2.45, 2.75) is 25.7 Å². The topological polar surface area (TPSA) is 114 Å². The minimum atomic E-state index is -0.531. The monoisotopic (exact) mass is 510 g/mol. The molecular weight excluding hydrogens is 484 g/mol. The van der Waals surface area contributed by atoms with Gasteiger partial charge in [0.2, 0.25) is 17.6 Å². The number of nitrogens with zero attached hydrogens (tertiary/aromatic N) is 2. The van der Waals surface area contributed by atoms with Gasteiger partial charge in [0.25, 0.3) is 5.91 Å². The molecule has 1 aliphatic heterocycles. The van der Waals surface area contributed by atoms with Crippen molar-refractivity contribution < 1.29 is 23.5 Å². The Bertz CT molecular complexity index is 1260. The molecule has 3 heterocycles. The second-order valence-corrected chi connectivity index (χ2v) is 9.53. The van der Waals surface area contributed by atoms with Gasteiger partial charge in [0.1, 0.15) is 17.1 Å². The quantitative estimate of drug-likeness (QED) is 0.528. The van der Waals surface area contributed by atoms with Crippen molar-refractivity contribution in [1.29, 1.82) is 0 Å². The van der Waals surface area contributed by atoms with Crippen molar-refractivity contribution in [3.8, 4) is 0 Å². The molecule has 0 atom stereocenters. The summed E-state index contributed by atoms with van der Waals surface area (Å²) in [6, 6.07) is 10.4. The number of rotatable bonds is 5. The van der Waals surface area contributed by atoms with Gasteiger partial charge < -0.3 is 24.7 Å². The van der Waals surface area contributed by atoms with E-state index in [0.29, 0.717) is 79.5 Å². The minimum Gasteiger partial charge on any atom is -0.449 e. The van der Waals surface area contributed by atoms with Crippen LogP contribution in [0.15, 0.2) is 47.0 Å². The second-order valence-electron chi connectivity index (χ2n) is 9.09. The molecule has 1 aromatic carbocycles. The maximum atomic E-state index is 13.2. The van der Waals surface area contributed by atoms with Gasteiger partial charge in [-0.15, -0.1) is 0 Å². The van der Waals surface area contributed by atoms with Crippen LogP contribution in [0.4, 0.5) is 11.5 Å². The van der Waals surface area contributed by atoms with Gasteiger partial charge in [0.15, 0.2) is 0 Å². The van der Waals surface area contributed by atoms with Crippen LogP contribution in [-0.4, -0.2) is 53.9 Å². The third kappa shape index (κ3) is 5.22. The lowest BCUT2D eigenvalue weighted by Gasteiger charge is -2.33. The van der Waals surface area contributed by atoms with Gasteiger partial charge in [-0.05, 0) is 49.9 Å². The van der Waals surface area contributed by atoms with Crippen molar-refractivity contribution in [3.63, 3.8) is 0 Å². The number of aromatic nitrogens is 1. The van der Waals surface area contributed by atoms with E-state index in [9.17, 15) is 14.4 Å². The summed E-state index contributed by atoms with van der Waals surface area (Å²) in [4.78, 5) is 45.0. The molecule has 36 heavy (non-hydrogen) atoms. The first kappa shape index (κ1) is 24.3. The molecule has 188 valence electrons. The highest BCUT2D eigenvalue weighted by atomic mass is 35.5. The van der Waals surface area contributed by atoms with Crippen molar-refractivity contribution >= 4 is 51.8 Å². The van der Waals surface area contributed by atoms with E-state index in [2.05, 4.69) is 15.6 Å². The van der Waals surface area contributed by atoms with Crippen LogP contribution >= 0.6 is 11.6 Å². The first-order chi connectivity index (χ1) is 17.5. The van der Waals surface area contributed by atoms with Crippen molar-refractivity contribution in [1.82, 2.24) is 9.88 Å². The Labute approximate surface area is 213 Å². The Morgan fingerprint density at radius 1 is 0.944 bits per heavy atom. The van der Waals surface area contributed by atoms with E-state index in [1.807, 2.05) is 11.0 Å². The van der Waals surface area contributed by atoms with Gasteiger partial charge in [0, 0.05) is 36.5 Å². The Balaban J connectivity index is 1.28. The lowest BCUT2D eigenvalue weighted by Crippen LogP contribution is -2.44. The first-order valence-electron chi connectivity index (χ1n) is 12.1. The smallest absolute Gasteiger partial charge is 0.294 e. The molecule has 2 aromatic heterocycles. The zero-order valence-corrected chi connectivity index (χ0v) is 20.4. The average molecular weight is 511 g/mol. The van der Waals surface area contributed by atoms with Gasteiger partial charge in [-0.3, -0.25) is 14.4 Å². The molecule has 0 radical (unpaired) electrons. The van der Waals surface area contributed by atoms with Crippen molar-refractivity contribution in [2.75, 3.05) is 36.9 Å². The van der Waals surface area contributed by atoms with Crippen LogP contribution in [0.5, 0.6) is 0 Å². The minimum absolute atomic E-state index is 0.00233. The number of carbonyl (C=O) groups excluding carboxylic acids is 3. The number of morpholine rings is 1. The number of para-hydroxylation sites is 1. The SMILES string of the molecule is O=C(Nc1ccc(Cl)cn1)c1oc2ccccc2c1NC(=O)C1CCC(C(=O)N2CCOCC2)CC1. The Hall–Kier alpha value is -3.43. The predicted octanol–water partition coefficient (Wildman–Crippen LogP) is 4.34. The summed E-state index contributed by atoms with van der Waals surface area (Å²) in [6.07, 6.45) is 3.97. The highest BCUT2D eigenvalue weighted by molar-refractivity contribution is 6.30. The Morgan fingerprint density at radius 3 is 2.39 bits per heavy atom. The Morgan fingerprint density at radius 2 is 1.67 bits per heavy atom.